The summed E-state index contributed by atoms with van der Waals surface area (Å²) >= 11 is 0. The molecule has 1 aromatic carbocycles. The number of benzene rings is 1. The Bertz CT molecular complexity index is 495. The summed E-state index contributed by atoms with van der Waals surface area (Å²) in [5, 5.41) is 19.2. The molecule has 0 unspecified atom stereocenters. The van der Waals surface area contributed by atoms with Crippen molar-refractivity contribution in [3.63, 3.8) is 0 Å². The monoisotopic (exact) mass is 251 g/mol. The third-order valence-electron chi connectivity index (χ3n) is 2.52. The maximum atomic E-state index is 11.7. The van der Waals surface area contributed by atoms with Crippen molar-refractivity contribution >= 4 is 17.4 Å². The third-order valence-corrected chi connectivity index (χ3v) is 2.52. The number of nitro benzene ring substituents is 1. The highest BCUT2D eigenvalue weighted by molar-refractivity contribution is 5.96. The fourth-order valence-electron chi connectivity index (χ4n) is 1.52. The molecule has 0 aliphatic rings. The Hall–Kier alpha value is -2.24. The molecule has 0 saturated heterocycles. The molecule has 1 aromatic rings. The number of carbonyl (C=O) groups is 2. The molecule has 1 rings (SSSR count). The average molecular weight is 251 g/mol. The summed E-state index contributed by atoms with van der Waals surface area (Å²) in [5.74, 6) is -1.24. The molecule has 0 aliphatic heterocycles. The fraction of sp³-hybridized carbons (Fsp3) is 0.333. The summed E-state index contributed by atoms with van der Waals surface area (Å²) in [4.78, 5) is 32.2. The zero-order chi connectivity index (χ0) is 13.7. The fourth-order valence-corrected chi connectivity index (χ4v) is 1.52. The van der Waals surface area contributed by atoms with Gasteiger partial charge in [-0.2, -0.15) is 0 Å². The van der Waals surface area contributed by atoms with Crippen molar-refractivity contribution in [1.29, 1.82) is 0 Å². The molecule has 0 aliphatic carbocycles. The molecule has 0 bridgehead atoms. The van der Waals surface area contributed by atoms with E-state index >= 15 is 0 Å². The second-order valence-corrected chi connectivity index (χ2v) is 3.93. The first-order valence-electron chi connectivity index (χ1n) is 5.42. The first-order valence-corrected chi connectivity index (χ1v) is 5.42. The Morgan fingerprint density at radius 1 is 1.33 bits per heavy atom. The standard InChI is InChI=1S/C12H13NO5/c1-8-5-6-9(7-10(8)13(17)18)11(14)3-2-4-12(15)16/h5-7H,2-4H2,1H3,(H,15,16). The lowest BCUT2D eigenvalue weighted by atomic mass is 10.0. The van der Waals surface area contributed by atoms with Crippen molar-refractivity contribution in [2.45, 2.75) is 26.2 Å². The number of nitro groups is 1. The van der Waals surface area contributed by atoms with Crippen molar-refractivity contribution in [2.24, 2.45) is 0 Å². The number of aryl methyl sites for hydroxylation is 1. The summed E-state index contributed by atoms with van der Waals surface area (Å²) in [5.41, 5.74) is 0.638. The molecule has 0 atom stereocenters. The lowest BCUT2D eigenvalue weighted by molar-refractivity contribution is -0.385. The van der Waals surface area contributed by atoms with Crippen LogP contribution in [0.2, 0.25) is 0 Å². The van der Waals surface area contributed by atoms with E-state index in [2.05, 4.69) is 0 Å². The molecular weight excluding hydrogens is 238 g/mol. The summed E-state index contributed by atoms with van der Waals surface area (Å²) in [6.45, 7) is 1.59. The van der Waals surface area contributed by atoms with Crippen LogP contribution in [-0.4, -0.2) is 21.8 Å². The summed E-state index contributed by atoms with van der Waals surface area (Å²) < 4.78 is 0. The van der Waals surface area contributed by atoms with E-state index in [0.29, 0.717) is 5.56 Å². The van der Waals surface area contributed by atoms with Crippen LogP contribution in [0, 0.1) is 17.0 Å². The molecule has 96 valence electrons. The molecule has 0 heterocycles. The summed E-state index contributed by atoms with van der Waals surface area (Å²) in [6.07, 6.45) is 0.224. The van der Waals surface area contributed by atoms with E-state index in [4.69, 9.17) is 5.11 Å². The van der Waals surface area contributed by atoms with Crippen LogP contribution in [0.1, 0.15) is 35.2 Å². The number of carboxylic acids is 1. The van der Waals surface area contributed by atoms with Crippen molar-refractivity contribution in [1.82, 2.24) is 0 Å². The Morgan fingerprint density at radius 3 is 2.56 bits per heavy atom. The van der Waals surface area contributed by atoms with Crippen molar-refractivity contribution in [3.8, 4) is 0 Å². The summed E-state index contributed by atoms with van der Waals surface area (Å²) in [7, 11) is 0. The molecule has 0 amide bonds. The van der Waals surface area contributed by atoms with Crippen LogP contribution in [0.5, 0.6) is 0 Å². The number of carbonyl (C=O) groups excluding carboxylic acids is 1. The highest BCUT2D eigenvalue weighted by atomic mass is 16.6. The van der Waals surface area contributed by atoms with E-state index in [1.165, 1.54) is 18.2 Å². The van der Waals surface area contributed by atoms with Crippen LogP contribution in [0.3, 0.4) is 0 Å². The molecule has 18 heavy (non-hydrogen) atoms. The molecule has 1 N–H and O–H groups in total. The third kappa shape index (κ3) is 3.65. The lowest BCUT2D eigenvalue weighted by Gasteiger charge is -2.02. The number of hydrogen-bond donors (Lipinski definition) is 1. The second-order valence-electron chi connectivity index (χ2n) is 3.93. The Labute approximate surface area is 103 Å². The zero-order valence-corrected chi connectivity index (χ0v) is 9.88. The van der Waals surface area contributed by atoms with Gasteiger partial charge >= 0.3 is 5.97 Å². The van der Waals surface area contributed by atoms with E-state index in [1.807, 2.05) is 0 Å². The molecule has 0 spiro atoms. The molecule has 0 radical (unpaired) electrons. The van der Waals surface area contributed by atoms with Gasteiger partial charge in [-0.25, -0.2) is 0 Å². The minimum Gasteiger partial charge on any atom is -0.481 e. The minimum absolute atomic E-state index is 0.0759. The Kier molecular flexibility index (Phi) is 4.53. The van der Waals surface area contributed by atoms with Gasteiger partial charge in [0, 0.05) is 30.0 Å². The van der Waals surface area contributed by atoms with E-state index in [1.54, 1.807) is 6.92 Å². The van der Waals surface area contributed by atoms with E-state index in [0.717, 1.165) is 0 Å². The normalized spacial score (nSPS) is 10.1. The number of rotatable bonds is 6. The largest absolute Gasteiger partial charge is 0.481 e. The number of Topliss-reactive ketones (excluding diaryl/α,β-unsaturated/α-hetero) is 1. The number of carboxylic acid groups (broad SMARTS) is 1. The lowest BCUT2D eigenvalue weighted by Crippen LogP contribution is -2.03. The quantitative estimate of drug-likeness (QED) is 0.475. The van der Waals surface area contributed by atoms with Gasteiger partial charge in [-0.3, -0.25) is 19.7 Å². The average Bonchev–Trinajstić information content (AvgIpc) is 2.28. The van der Waals surface area contributed by atoms with Gasteiger partial charge in [-0.1, -0.05) is 12.1 Å². The van der Waals surface area contributed by atoms with Crippen molar-refractivity contribution in [2.75, 3.05) is 0 Å². The molecule has 0 aromatic heterocycles. The van der Waals surface area contributed by atoms with Crippen molar-refractivity contribution < 1.29 is 19.6 Å². The number of hydrogen-bond acceptors (Lipinski definition) is 4. The SMILES string of the molecule is Cc1ccc(C(=O)CCCC(=O)O)cc1[N+](=O)[O-]. The van der Waals surface area contributed by atoms with Crippen molar-refractivity contribution in [3.05, 3.63) is 39.4 Å². The minimum atomic E-state index is -0.960. The van der Waals surface area contributed by atoms with Gasteiger partial charge in [0.05, 0.1) is 4.92 Å². The Morgan fingerprint density at radius 2 is 2.00 bits per heavy atom. The molecule has 6 nitrogen and oxygen atoms in total. The molecular formula is C12H13NO5. The van der Waals surface area contributed by atoms with E-state index in [-0.39, 0.29) is 36.3 Å². The first-order chi connectivity index (χ1) is 8.41. The van der Waals surface area contributed by atoms with Crippen LogP contribution in [0.15, 0.2) is 18.2 Å². The zero-order valence-electron chi connectivity index (χ0n) is 9.88. The Balaban J connectivity index is 2.77. The van der Waals surface area contributed by atoms with E-state index in [9.17, 15) is 19.7 Å². The second kappa shape index (κ2) is 5.90. The number of ketones is 1. The van der Waals surface area contributed by atoms with Gasteiger partial charge in [-0.15, -0.1) is 0 Å². The van der Waals surface area contributed by atoms with Crippen LogP contribution in [0.25, 0.3) is 0 Å². The van der Waals surface area contributed by atoms with Gasteiger partial charge < -0.3 is 5.11 Å². The molecule has 0 saturated carbocycles. The van der Waals surface area contributed by atoms with Gasteiger partial charge in [-0.05, 0) is 13.3 Å². The van der Waals surface area contributed by atoms with Gasteiger partial charge in [0.1, 0.15) is 0 Å². The highest BCUT2D eigenvalue weighted by Crippen LogP contribution is 2.20. The van der Waals surface area contributed by atoms with Crippen LogP contribution < -0.4 is 0 Å². The van der Waals surface area contributed by atoms with Crippen LogP contribution in [0.4, 0.5) is 5.69 Å². The van der Waals surface area contributed by atoms with Gasteiger partial charge in [0.25, 0.3) is 5.69 Å². The van der Waals surface area contributed by atoms with Crippen LogP contribution >= 0.6 is 0 Å². The first kappa shape index (κ1) is 13.8. The van der Waals surface area contributed by atoms with Crippen LogP contribution in [-0.2, 0) is 4.79 Å². The van der Waals surface area contributed by atoms with Gasteiger partial charge in [0.15, 0.2) is 5.78 Å². The summed E-state index contributed by atoms with van der Waals surface area (Å²) in [6, 6.07) is 4.27. The smallest absolute Gasteiger partial charge is 0.303 e. The topological polar surface area (TPSA) is 97.5 Å². The van der Waals surface area contributed by atoms with E-state index < -0.39 is 10.9 Å². The number of aliphatic carboxylic acids is 1. The predicted molar refractivity (Wildman–Crippen MR) is 63.7 cm³/mol. The maximum absolute atomic E-state index is 11.7. The number of nitrogens with zero attached hydrogens (tertiary/aromatic N) is 1. The highest BCUT2D eigenvalue weighted by Gasteiger charge is 2.14. The predicted octanol–water partition coefficient (Wildman–Crippen LogP) is 2.34. The van der Waals surface area contributed by atoms with Gasteiger partial charge in [0.2, 0.25) is 0 Å². The molecule has 0 fully saturated rings. The molecule has 6 heteroatoms. The maximum Gasteiger partial charge on any atom is 0.303 e.